The number of thiophene rings is 1. The van der Waals surface area contributed by atoms with Gasteiger partial charge in [-0.15, -0.1) is 11.3 Å². The highest BCUT2D eigenvalue weighted by atomic mass is 32.2. The van der Waals surface area contributed by atoms with Gasteiger partial charge in [-0.25, -0.2) is 4.79 Å². The van der Waals surface area contributed by atoms with E-state index in [2.05, 4.69) is 12.2 Å². The lowest BCUT2D eigenvalue weighted by atomic mass is 10.2. The van der Waals surface area contributed by atoms with E-state index in [1.807, 2.05) is 18.7 Å². The number of carbonyl (C=O) groups is 2. The minimum atomic E-state index is -1.02. The van der Waals surface area contributed by atoms with Crippen molar-refractivity contribution < 1.29 is 14.7 Å². The highest BCUT2D eigenvalue weighted by Crippen LogP contribution is 2.18. The maximum absolute atomic E-state index is 12.1. The first kappa shape index (κ1) is 16.8. The molecule has 0 radical (unpaired) electrons. The van der Waals surface area contributed by atoms with E-state index in [9.17, 15) is 9.59 Å². The lowest BCUT2D eigenvalue weighted by Gasteiger charge is -2.13. The smallest absolute Gasteiger partial charge is 0.328 e. The Bertz CT molecular complexity index is 483. The number of aliphatic carboxylic acids is 1. The van der Waals surface area contributed by atoms with Gasteiger partial charge in [0, 0.05) is 12.1 Å². The van der Waals surface area contributed by atoms with Gasteiger partial charge in [0.15, 0.2) is 0 Å². The summed E-state index contributed by atoms with van der Waals surface area (Å²) >= 11 is 3.17. The molecule has 0 fully saturated rings. The van der Waals surface area contributed by atoms with E-state index >= 15 is 0 Å². The van der Waals surface area contributed by atoms with Gasteiger partial charge in [-0.2, -0.15) is 11.8 Å². The van der Waals surface area contributed by atoms with E-state index in [1.165, 1.54) is 17.4 Å². The van der Waals surface area contributed by atoms with Crippen molar-refractivity contribution in [3.05, 3.63) is 28.0 Å². The van der Waals surface area contributed by atoms with Crippen LogP contribution in [-0.4, -0.2) is 34.5 Å². The SMILES string of the molecule is CCSCCC(C)NC(=O)c1sccc1/C=C/C(=O)O. The van der Waals surface area contributed by atoms with Crippen LogP contribution in [0.15, 0.2) is 17.5 Å². The summed E-state index contributed by atoms with van der Waals surface area (Å²) in [5, 5.41) is 13.4. The van der Waals surface area contributed by atoms with Gasteiger partial charge >= 0.3 is 5.97 Å². The van der Waals surface area contributed by atoms with E-state index < -0.39 is 5.97 Å². The summed E-state index contributed by atoms with van der Waals surface area (Å²) in [6.07, 6.45) is 3.42. The molecule has 1 amide bonds. The first-order chi connectivity index (χ1) is 9.54. The summed E-state index contributed by atoms with van der Waals surface area (Å²) in [5.41, 5.74) is 0.644. The topological polar surface area (TPSA) is 66.4 Å². The van der Waals surface area contributed by atoms with Crippen molar-refractivity contribution >= 4 is 41.1 Å². The van der Waals surface area contributed by atoms with Crippen LogP contribution in [0.2, 0.25) is 0 Å². The second-order valence-corrected chi connectivity index (χ2v) is 6.55. The van der Waals surface area contributed by atoms with Crippen LogP contribution in [0.3, 0.4) is 0 Å². The summed E-state index contributed by atoms with van der Waals surface area (Å²) in [6, 6.07) is 1.86. The monoisotopic (exact) mass is 313 g/mol. The third kappa shape index (κ3) is 5.79. The minimum Gasteiger partial charge on any atom is -0.478 e. The molecule has 110 valence electrons. The van der Waals surface area contributed by atoms with E-state index in [-0.39, 0.29) is 11.9 Å². The molecule has 0 saturated carbocycles. The molecule has 0 aromatic carbocycles. The molecule has 2 N–H and O–H groups in total. The van der Waals surface area contributed by atoms with Gasteiger partial charge in [0.25, 0.3) is 5.91 Å². The first-order valence-electron chi connectivity index (χ1n) is 6.41. The third-order valence-electron chi connectivity index (χ3n) is 2.58. The number of amides is 1. The van der Waals surface area contributed by atoms with Gasteiger partial charge in [-0.1, -0.05) is 6.92 Å². The minimum absolute atomic E-state index is 0.111. The van der Waals surface area contributed by atoms with Crippen LogP contribution in [0.4, 0.5) is 0 Å². The molecule has 4 nitrogen and oxygen atoms in total. The Kier molecular flexibility index (Phi) is 7.40. The predicted molar refractivity (Wildman–Crippen MR) is 85.5 cm³/mol. The third-order valence-corrected chi connectivity index (χ3v) is 4.45. The zero-order valence-corrected chi connectivity index (χ0v) is 13.2. The Morgan fingerprint density at radius 2 is 2.30 bits per heavy atom. The van der Waals surface area contributed by atoms with Crippen molar-refractivity contribution in [1.29, 1.82) is 0 Å². The fraction of sp³-hybridized carbons (Fsp3) is 0.429. The molecule has 6 heteroatoms. The van der Waals surface area contributed by atoms with Crippen LogP contribution in [0.25, 0.3) is 6.08 Å². The van der Waals surface area contributed by atoms with Crippen molar-refractivity contribution in [2.75, 3.05) is 11.5 Å². The fourth-order valence-electron chi connectivity index (χ4n) is 1.56. The molecule has 0 aliphatic carbocycles. The van der Waals surface area contributed by atoms with Gasteiger partial charge < -0.3 is 10.4 Å². The number of carboxylic acid groups (broad SMARTS) is 1. The number of nitrogens with one attached hydrogen (secondary N) is 1. The Morgan fingerprint density at radius 1 is 1.55 bits per heavy atom. The van der Waals surface area contributed by atoms with E-state index in [4.69, 9.17) is 5.11 Å². The quantitative estimate of drug-likeness (QED) is 0.572. The summed E-state index contributed by atoms with van der Waals surface area (Å²) in [4.78, 5) is 23.2. The number of hydrogen-bond donors (Lipinski definition) is 2. The molecule has 20 heavy (non-hydrogen) atoms. The van der Waals surface area contributed by atoms with E-state index in [0.29, 0.717) is 10.4 Å². The van der Waals surface area contributed by atoms with Crippen LogP contribution in [-0.2, 0) is 4.79 Å². The highest BCUT2D eigenvalue weighted by Gasteiger charge is 2.14. The van der Waals surface area contributed by atoms with Crippen LogP contribution >= 0.6 is 23.1 Å². The predicted octanol–water partition coefficient (Wildman–Crippen LogP) is 3.11. The first-order valence-corrected chi connectivity index (χ1v) is 8.45. The lowest BCUT2D eigenvalue weighted by molar-refractivity contribution is -0.131. The van der Waals surface area contributed by atoms with Gasteiger partial charge in [-0.3, -0.25) is 4.79 Å². The number of thioether (sulfide) groups is 1. The molecule has 1 aromatic rings. The van der Waals surface area contributed by atoms with Gasteiger partial charge in [0.05, 0.1) is 4.88 Å². The number of hydrogen-bond acceptors (Lipinski definition) is 4. The normalized spacial score (nSPS) is 12.5. The zero-order chi connectivity index (χ0) is 15.0. The van der Waals surface area contributed by atoms with E-state index in [1.54, 1.807) is 11.4 Å². The van der Waals surface area contributed by atoms with Crippen LogP contribution < -0.4 is 5.32 Å². The fourth-order valence-corrected chi connectivity index (χ4v) is 3.16. The van der Waals surface area contributed by atoms with Crippen molar-refractivity contribution in [2.45, 2.75) is 26.3 Å². The largest absolute Gasteiger partial charge is 0.478 e. The van der Waals surface area contributed by atoms with Crippen molar-refractivity contribution in [3.63, 3.8) is 0 Å². The Labute approximate surface area is 127 Å². The van der Waals surface area contributed by atoms with Crippen LogP contribution in [0.1, 0.15) is 35.5 Å². The molecule has 0 spiro atoms. The summed E-state index contributed by atoms with van der Waals surface area (Å²) in [6.45, 7) is 4.09. The summed E-state index contributed by atoms with van der Waals surface area (Å²) < 4.78 is 0. The van der Waals surface area contributed by atoms with Gasteiger partial charge in [-0.05, 0) is 47.9 Å². The Hall–Kier alpha value is -1.27. The average molecular weight is 313 g/mol. The molecule has 0 bridgehead atoms. The second-order valence-electron chi connectivity index (χ2n) is 4.24. The van der Waals surface area contributed by atoms with Crippen molar-refractivity contribution in [2.24, 2.45) is 0 Å². The molecule has 0 aliphatic heterocycles. The lowest BCUT2D eigenvalue weighted by Crippen LogP contribution is -2.32. The molecule has 1 aromatic heterocycles. The Balaban J connectivity index is 2.59. The number of rotatable bonds is 8. The van der Waals surface area contributed by atoms with Crippen LogP contribution in [0, 0.1) is 0 Å². The molecule has 1 heterocycles. The molecule has 1 rings (SSSR count). The molecular weight excluding hydrogens is 294 g/mol. The van der Waals surface area contributed by atoms with Crippen LogP contribution in [0.5, 0.6) is 0 Å². The average Bonchev–Trinajstić information content (AvgIpc) is 2.85. The second kappa shape index (κ2) is 8.81. The number of carboxylic acids is 1. The Morgan fingerprint density at radius 3 is 2.95 bits per heavy atom. The van der Waals surface area contributed by atoms with Gasteiger partial charge in [0.1, 0.15) is 0 Å². The maximum atomic E-state index is 12.1. The molecule has 0 saturated heterocycles. The molecule has 1 atom stereocenters. The highest BCUT2D eigenvalue weighted by molar-refractivity contribution is 7.99. The van der Waals surface area contributed by atoms with Crippen molar-refractivity contribution in [1.82, 2.24) is 5.32 Å². The molecule has 0 aliphatic rings. The molecular formula is C14H19NO3S2. The maximum Gasteiger partial charge on any atom is 0.328 e. The standard InChI is InChI=1S/C14H19NO3S2/c1-3-19-8-6-10(2)15-14(18)13-11(7-9-20-13)4-5-12(16)17/h4-5,7,9-10H,3,6,8H2,1-2H3,(H,15,18)(H,16,17)/b5-4+. The van der Waals surface area contributed by atoms with E-state index in [0.717, 1.165) is 24.0 Å². The molecule has 1 unspecified atom stereocenters. The zero-order valence-electron chi connectivity index (χ0n) is 11.6. The van der Waals surface area contributed by atoms with Crippen molar-refractivity contribution in [3.8, 4) is 0 Å². The summed E-state index contributed by atoms with van der Waals surface area (Å²) in [7, 11) is 0. The number of carbonyl (C=O) groups excluding carboxylic acids is 1. The van der Waals surface area contributed by atoms with Gasteiger partial charge in [0.2, 0.25) is 0 Å². The summed E-state index contributed by atoms with van der Waals surface area (Å²) in [5.74, 6) is 0.940.